The smallest absolute Gasteiger partial charge is 0.271 e. The molecule has 0 aliphatic carbocycles. The van der Waals surface area contributed by atoms with E-state index in [0.717, 1.165) is 0 Å². The molecule has 1 heterocycles. The molecule has 8 heteroatoms. The molecule has 0 spiro atoms. The first-order valence-corrected chi connectivity index (χ1v) is 10.1. The lowest BCUT2D eigenvalue weighted by molar-refractivity contribution is 0.0996. The molecule has 2 rings (SSSR count). The van der Waals surface area contributed by atoms with Gasteiger partial charge in [0.25, 0.3) is 5.91 Å². The van der Waals surface area contributed by atoms with Gasteiger partial charge in [0.1, 0.15) is 17.3 Å². The van der Waals surface area contributed by atoms with Crippen molar-refractivity contribution in [3.63, 3.8) is 0 Å². The first-order chi connectivity index (χ1) is 10.5. The second-order valence-corrected chi connectivity index (χ2v) is 11.6. The molecule has 1 aromatic heterocycles. The van der Waals surface area contributed by atoms with Crippen molar-refractivity contribution in [2.75, 3.05) is 0 Å². The molecule has 124 valence electrons. The highest BCUT2D eigenvalue weighted by Crippen LogP contribution is 2.38. The van der Waals surface area contributed by atoms with Gasteiger partial charge in [-0.05, 0) is 36.3 Å². The van der Waals surface area contributed by atoms with Crippen LogP contribution in [0, 0.1) is 5.82 Å². The van der Waals surface area contributed by atoms with Crippen LogP contribution >= 0.6 is 0 Å². The Morgan fingerprint density at radius 1 is 1.30 bits per heavy atom. The van der Waals surface area contributed by atoms with Gasteiger partial charge in [0.15, 0.2) is 5.69 Å². The van der Waals surface area contributed by atoms with Crippen molar-refractivity contribution in [1.29, 1.82) is 0 Å². The molecule has 0 bridgehead atoms. The lowest BCUT2D eigenvalue weighted by atomic mass is 10.1. The lowest BCUT2D eigenvalue weighted by Gasteiger charge is -2.36. The fourth-order valence-corrected chi connectivity index (χ4v) is 2.81. The van der Waals surface area contributed by atoms with Gasteiger partial charge in [-0.15, -0.1) is 0 Å². The fourth-order valence-electron chi connectivity index (χ4n) is 1.79. The van der Waals surface area contributed by atoms with Crippen LogP contribution in [0.4, 0.5) is 4.39 Å². The van der Waals surface area contributed by atoms with E-state index in [1.165, 1.54) is 12.1 Å². The molecule has 0 aliphatic heterocycles. The Labute approximate surface area is 135 Å². The number of carbonyl (C=O) groups excluding carboxylic acids is 1. The maximum Gasteiger partial charge on any atom is 0.271 e. The number of primary amides is 1. The minimum atomic E-state index is -2.06. The molecule has 1 aromatic carbocycles. The molecule has 0 atom stereocenters. The predicted octanol–water partition coefficient (Wildman–Crippen LogP) is 3.09. The largest absolute Gasteiger partial charge is 0.543 e. The Balaban J connectivity index is 2.45. The minimum Gasteiger partial charge on any atom is -0.543 e. The summed E-state index contributed by atoms with van der Waals surface area (Å²) >= 11 is 0. The number of benzene rings is 1. The molecule has 0 unspecified atom stereocenters. The van der Waals surface area contributed by atoms with Gasteiger partial charge >= 0.3 is 0 Å². The summed E-state index contributed by atoms with van der Waals surface area (Å²) in [5.41, 5.74) is 5.34. The number of nitrogens with one attached hydrogen (secondary N) is 1. The molecule has 1 amide bonds. The normalized spacial score (nSPS) is 12.3. The van der Waals surface area contributed by atoms with Crippen LogP contribution in [-0.2, 0) is 0 Å². The number of nitrogens with zero attached hydrogens (tertiary/aromatic N) is 2. The van der Waals surface area contributed by atoms with Crippen LogP contribution in [0.5, 0.6) is 5.75 Å². The number of amides is 1. The Hall–Kier alpha value is -2.22. The molecule has 6 nitrogen and oxygen atoms in total. The molecule has 0 aliphatic rings. The van der Waals surface area contributed by atoms with Gasteiger partial charge in [-0.25, -0.2) is 4.39 Å². The van der Waals surface area contributed by atoms with E-state index in [9.17, 15) is 9.18 Å². The van der Waals surface area contributed by atoms with Crippen molar-refractivity contribution in [3.8, 4) is 17.0 Å². The third kappa shape index (κ3) is 3.42. The van der Waals surface area contributed by atoms with Crippen molar-refractivity contribution in [2.45, 2.75) is 38.9 Å². The van der Waals surface area contributed by atoms with Gasteiger partial charge in [-0.2, -0.15) is 15.4 Å². The molecule has 2 aromatic rings. The van der Waals surface area contributed by atoms with Crippen LogP contribution in [0.15, 0.2) is 18.2 Å². The Morgan fingerprint density at radius 2 is 1.96 bits per heavy atom. The highest BCUT2D eigenvalue weighted by atomic mass is 28.4. The quantitative estimate of drug-likeness (QED) is 0.839. The third-order valence-corrected chi connectivity index (χ3v) is 8.51. The molecular weight excluding hydrogens is 315 g/mol. The number of aromatic nitrogens is 3. The highest BCUT2D eigenvalue weighted by Gasteiger charge is 2.39. The second-order valence-electron chi connectivity index (χ2n) is 6.89. The minimum absolute atomic E-state index is 0.00776. The second kappa shape index (κ2) is 5.77. The number of carbonyl (C=O) groups is 1. The van der Waals surface area contributed by atoms with Crippen LogP contribution in [0.1, 0.15) is 31.3 Å². The average Bonchev–Trinajstić information content (AvgIpc) is 2.88. The van der Waals surface area contributed by atoms with Gasteiger partial charge in [0.2, 0.25) is 8.32 Å². The third-order valence-electron chi connectivity index (χ3n) is 4.15. The summed E-state index contributed by atoms with van der Waals surface area (Å²) < 4.78 is 20.3. The summed E-state index contributed by atoms with van der Waals surface area (Å²) in [7, 11) is -2.06. The van der Waals surface area contributed by atoms with E-state index in [1.807, 2.05) is 0 Å². The van der Waals surface area contributed by atoms with E-state index < -0.39 is 20.0 Å². The molecule has 0 saturated heterocycles. The molecule has 0 saturated carbocycles. The fraction of sp³-hybridized carbons (Fsp3) is 0.400. The Morgan fingerprint density at radius 3 is 2.52 bits per heavy atom. The SMILES string of the molecule is CC(C)(C)[Si](C)(C)Oc1ccc(F)c(-c2n[nH]nc2C(N)=O)c1. The molecular formula is C15H21FN4O2Si. The first kappa shape index (κ1) is 17.1. The molecule has 3 N–H and O–H groups in total. The van der Waals surface area contributed by atoms with E-state index in [4.69, 9.17) is 10.2 Å². The van der Waals surface area contributed by atoms with E-state index in [2.05, 4.69) is 49.3 Å². The summed E-state index contributed by atoms with van der Waals surface area (Å²) in [4.78, 5) is 11.4. The number of H-pyrrole nitrogens is 1. The average molecular weight is 336 g/mol. The predicted molar refractivity (Wildman–Crippen MR) is 88.1 cm³/mol. The van der Waals surface area contributed by atoms with Crippen LogP contribution in [0.3, 0.4) is 0 Å². The maximum atomic E-state index is 14.2. The van der Waals surface area contributed by atoms with Crippen molar-refractivity contribution >= 4 is 14.2 Å². The van der Waals surface area contributed by atoms with Crippen molar-refractivity contribution < 1.29 is 13.6 Å². The maximum absolute atomic E-state index is 14.2. The van der Waals surface area contributed by atoms with E-state index in [-0.39, 0.29) is 22.0 Å². The highest BCUT2D eigenvalue weighted by molar-refractivity contribution is 6.74. The number of nitrogens with two attached hydrogens (primary N) is 1. The van der Waals surface area contributed by atoms with Crippen LogP contribution in [0.2, 0.25) is 18.1 Å². The number of aromatic amines is 1. The molecule has 23 heavy (non-hydrogen) atoms. The van der Waals surface area contributed by atoms with Crippen molar-refractivity contribution in [1.82, 2.24) is 15.4 Å². The summed E-state index contributed by atoms with van der Waals surface area (Å²) in [5, 5.41) is 9.81. The summed E-state index contributed by atoms with van der Waals surface area (Å²) in [5.74, 6) is -0.765. The summed E-state index contributed by atoms with van der Waals surface area (Å²) in [6.07, 6.45) is 0. The zero-order valence-corrected chi connectivity index (χ0v) is 14.9. The van der Waals surface area contributed by atoms with E-state index >= 15 is 0 Å². The number of halogens is 1. The van der Waals surface area contributed by atoms with Crippen LogP contribution in [0.25, 0.3) is 11.3 Å². The Bertz CT molecular complexity index is 737. The number of rotatable bonds is 4. The first-order valence-electron chi connectivity index (χ1n) is 7.22. The standard InChI is InChI=1S/C15H21FN4O2Si/c1-15(2,3)23(4,5)22-9-6-7-11(16)10(8-9)12-13(14(17)21)19-20-18-12/h6-8H,1-5H3,(H2,17,21)(H,18,19,20). The van der Waals surface area contributed by atoms with Crippen LogP contribution in [-0.4, -0.2) is 29.6 Å². The van der Waals surface area contributed by atoms with Gasteiger partial charge in [0.05, 0.1) is 0 Å². The van der Waals surface area contributed by atoms with Crippen molar-refractivity contribution in [2.24, 2.45) is 5.73 Å². The van der Waals surface area contributed by atoms with Crippen molar-refractivity contribution in [3.05, 3.63) is 29.7 Å². The monoisotopic (exact) mass is 336 g/mol. The Kier molecular flexibility index (Phi) is 4.30. The molecule has 0 fully saturated rings. The van der Waals surface area contributed by atoms with Gasteiger partial charge < -0.3 is 10.2 Å². The van der Waals surface area contributed by atoms with Gasteiger partial charge in [0, 0.05) is 5.56 Å². The topological polar surface area (TPSA) is 93.9 Å². The number of hydrogen-bond acceptors (Lipinski definition) is 4. The van der Waals surface area contributed by atoms with Gasteiger partial charge in [-0.3, -0.25) is 4.79 Å². The van der Waals surface area contributed by atoms with E-state index in [0.29, 0.717) is 5.75 Å². The van der Waals surface area contributed by atoms with E-state index in [1.54, 1.807) is 6.07 Å². The zero-order chi connectivity index (χ0) is 17.4. The van der Waals surface area contributed by atoms with Gasteiger partial charge in [-0.1, -0.05) is 20.8 Å². The molecule has 0 radical (unpaired) electrons. The number of hydrogen-bond donors (Lipinski definition) is 2. The summed E-state index contributed by atoms with van der Waals surface area (Å²) in [6, 6.07) is 4.39. The van der Waals surface area contributed by atoms with Crippen LogP contribution < -0.4 is 10.2 Å². The summed E-state index contributed by atoms with van der Waals surface area (Å²) in [6.45, 7) is 10.5. The zero-order valence-electron chi connectivity index (χ0n) is 13.9. The lowest BCUT2D eigenvalue weighted by Crippen LogP contribution is -2.43.